The fourth-order valence-electron chi connectivity index (χ4n) is 1.93. The van der Waals surface area contributed by atoms with E-state index in [-0.39, 0.29) is 6.10 Å². The Labute approximate surface area is 84.8 Å². The number of ether oxygens (including phenoxy) is 1. The lowest BCUT2D eigenvalue weighted by atomic mass is 9.77. The van der Waals surface area contributed by atoms with Crippen LogP contribution in [-0.4, -0.2) is 23.8 Å². The van der Waals surface area contributed by atoms with E-state index in [1.165, 1.54) is 0 Å². The predicted molar refractivity (Wildman–Crippen MR) is 54.1 cm³/mol. The number of hydrogen-bond donors (Lipinski definition) is 1. The maximum Gasteiger partial charge on any atom is 0.312 e. The second-order valence-corrected chi connectivity index (χ2v) is 4.18. The third kappa shape index (κ3) is 1.98. The molecule has 0 saturated carbocycles. The van der Waals surface area contributed by atoms with Crippen LogP contribution in [-0.2, 0) is 9.53 Å². The third-order valence-electron chi connectivity index (χ3n) is 3.12. The number of carboxylic acid groups (broad SMARTS) is 1. The first kappa shape index (κ1) is 11.2. The van der Waals surface area contributed by atoms with Gasteiger partial charge in [0.1, 0.15) is 0 Å². The maximum atomic E-state index is 11.2. The van der Waals surface area contributed by atoms with Crippen LogP contribution >= 0.6 is 0 Å². The minimum absolute atomic E-state index is 0.181. The van der Waals surface area contributed by atoms with E-state index in [1.54, 1.807) is 0 Å². The molecule has 0 aromatic rings. The van der Waals surface area contributed by atoms with E-state index < -0.39 is 11.4 Å². The zero-order valence-electron chi connectivity index (χ0n) is 8.88. The van der Waals surface area contributed by atoms with Crippen molar-refractivity contribution < 1.29 is 14.6 Å². The number of carboxylic acids is 1. The van der Waals surface area contributed by atoms with E-state index in [4.69, 9.17) is 4.74 Å². The molecule has 1 fully saturated rings. The fourth-order valence-corrected chi connectivity index (χ4v) is 1.93. The predicted octanol–water partition coefficient (Wildman–Crippen LogP) is 2.22. The second-order valence-electron chi connectivity index (χ2n) is 4.18. The molecule has 14 heavy (non-hydrogen) atoms. The highest BCUT2D eigenvalue weighted by molar-refractivity contribution is 5.75. The van der Waals surface area contributed by atoms with Gasteiger partial charge in [0.05, 0.1) is 11.5 Å². The Hall–Kier alpha value is -0.830. The summed E-state index contributed by atoms with van der Waals surface area (Å²) < 4.78 is 5.35. The summed E-state index contributed by atoms with van der Waals surface area (Å²) >= 11 is 0. The van der Waals surface area contributed by atoms with Crippen molar-refractivity contribution in [1.82, 2.24) is 0 Å². The van der Waals surface area contributed by atoms with Gasteiger partial charge in [-0.15, -0.1) is 6.58 Å². The Morgan fingerprint density at radius 2 is 2.36 bits per heavy atom. The third-order valence-corrected chi connectivity index (χ3v) is 3.12. The molecule has 1 N–H and O–H groups in total. The molecule has 0 aromatic carbocycles. The molecule has 1 aliphatic heterocycles. The van der Waals surface area contributed by atoms with Gasteiger partial charge in [-0.1, -0.05) is 5.57 Å². The van der Waals surface area contributed by atoms with Crippen molar-refractivity contribution in [2.75, 3.05) is 6.61 Å². The van der Waals surface area contributed by atoms with Crippen molar-refractivity contribution >= 4 is 5.97 Å². The molecule has 0 amide bonds. The minimum Gasteiger partial charge on any atom is -0.481 e. The largest absolute Gasteiger partial charge is 0.481 e. The van der Waals surface area contributed by atoms with Crippen LogP contribution in [0.2, 0.25) is 0 Å². The summed E-state index contributed by atoms with van der Waals surface area (Å²) in [5.74, 6) is -0.733. The Kier molecular flexibility index (Phi) is 3.32. The zero-order chi connectivity index (χ0) is 10.8. The second kappa shape index (κ2) is 4.13. The van der Waals surface area contributed by atoms with Crippen LogP contribution in [0.3, 0.4) is 0 Å². The maximum absolute atomic E-state index is 11.2. The molecule has 3 heteroatoms. The van der Waals surface area contributed by atoms with E-state index in [0.717, 1.165) is 12.0 Å². The van der Waals surface area contributed by atoms with Crippen LogP contribution in [0.25, 0.3) is 0 Å². The minimum atomic E-state index is -0.733. The van der Waals surface area contributed by atoms with Gasteiger partial charge in [-0.25, -0.2) is 0 Å². The number of allylic oxidation sites excluding steroid dienone is 1. The number of aliphatic carboxylic acids is 1. The molecule has 2 unspecified atom stereocenters. The van der Waals surface area contributed by atoms with Gasteiger partial charge in [-0.2, -0.15) is 0 Å². The van der Waals surface area contributed by atoms with Crippen molar-refractivity contribution in [1.29, 1.82) is 0 Å². The van der Waals surface area contributed by atoms with E-state index >= 15 is 0 Å². The van der Waals surface area contributed by atoms with Crippen LogP contribution in [0, 0.1) is 5.41 Å². The van der Waals surface area contributed by atoms with Gasteiger partial charge in [0.2, 0.25) is 0 Å². The Morgan fingerprint density at radius 3 is 2.71 bits per heavy atom. The summed E-state index contributed by atoms with van der Waals surface area (Å²) in [7, 11) is 0. The molecule has 1 heterocycles. The average Bonchev–Trinajstić information content (AvgIpc) is 2.44. The summed E-state index contributed by atoms with van der Waals surface area (Å²) in [5, 5.41) is 9.24. The molecule has 1 saturated heterocycles. The Bertz CT molecular complexity index is 247. The number of carbonyl (C=O) groups is 1. The van der Waals surface area contributed by atoms with Crippen LogP contribution in [0.1, 0.15) is 33.1 Å². The highest BCUT2D eigenvalue weighted by Gasteiger charge is 2.47. The molecular formula is C11H18O3. The van der Waals surface area contributed by atoms with Gasteiger partial charge in [-0.05, 0) is 33.1 Å². The first-order chi connectivity index (χ1) is 6.49. The van der Waals surface area contributed by atoms with Gasteiger partial charge in [-0.3, -0.25) is 4.79 Å². The van der Waals surface area contributed by atoms with Crippen LogP contribution in [0.4, 0.5) is 0 Å². The van der Waals surface area contributed by atoms with Crippen LogP contribution in [0.15, 0.2) is 12.2 Å². The normalized spacial score (nSPS) is 31.7. The molecule has 0 aromatic heterocycles. The molecule has 1 rings (SSSR count). The van der Waals surface area contributed by atoms with Crippen molar-refractivity contribution in [3.8, 4) is 0 Å². The van der Waals surface area contributed by atoms with E-state index in [2.05, 4.69) is 6.58 Å². The molecule has 0 radical (unpaired) electrons. The van der Waals surface area contributed by atoms with Gasteiger partial charge < -0.3 is 9.84 Å². The molecular weight excluding hydrogens is 180 g/mol. The molecule has 3 nitrogen and oxygen atoms in total. The smallest absolute Gasteiger partial charge is 0.312 e. The highest BCUT2D eigenvalue weighted by atomic mass is 16.5. The monoisotopic (exact) mass is 198 g/mol. The van der Waals surface area contributed by atoms with Gasteiger partial charge in [0.25, 0.3) is 0 Å². The van der Waals surface area contributed by atoms with Crippen molar-refractivity contribution in [3.05, 3.63) is 12.2 Å². The van der Waals surface area contributed by atoms with Crippen LogP contribution < -0.4 is 0 Å². The average molecular weight is 198 g/mol. The first-order valence-electron chi connectivity index (χ1n) is 4.98. The molecule has 80 valence electrons. The lowest BCUT2D eigenvalue weighted by Crippen LogP contribution is -2.37. The molecule has 1 aliphatic rings. The Morgan fingerprint density at radius 1 is 1.71 bits per heavy atom. The summed E-state index contributed by atoms with van der Waals surface area (Å²) in [6.45, 7) is 8.13. The molecule has 0 spiro atoms. The molecule has 0 aliphatic carbocycles. The molecule has 0 bridgehead atoms. The van der Waals surface area contributed by atoms with Crippen LogP contribution in [0.5, 0.6) is 0 Å². The fraction of sp³-hybridized carbons (Fsp3) is 0.727. The molecule has 2 atom stereocenters. The summed E-state index contributed by atoms with van der Waals surface area (Å²) in [4.78, 5) is 11.2. The summed E-state index contributed by atoms with van der Waals surface area (Å²) in [5.41, 5.74) is 0.351. The van der Waals surface area contributed by atoms with E-state index in [9.17, 15) is 9.90 Å². The quantitative estimate of drug-likeness (QED) is 0.704. The summed E-state index contributed by atoms with van der Waals surface area (Å²) in [6, 6.07) is 0. The number of hydrogen-bond acceptors (Lipinski definition) is 2. The van der Waals surface area contributed by atoms with Crippen molar-refractivity contribution in [2.45, 2.75) is 39.2 Å². The van der Waals surface area contributed by atoms with Crippen molar-refractivity contribution in [3.63, 3.8) is 0 Å². The Balaban J connectivity index is 2.72. The highest BCUT2D eigenvalue weighted by Crippen LogP contribution is 2.40. The van der Waals surface area contributed by atoms with Gasteiger partial charge in [0.15, 0.2) is 0 Å². The topological polar surface area (TPSA) is 46.5 Å². The lowest BCUT2D eigenvalue weighted by Gasteiger charge is -2.27. The van der Waals surface area contributed by atoms with E-state index in [1.807, 2.05) is 13.8 Å². The standard InChI is InChI=1S/C11H18O3/c1-8(2)4-5-11(10(12)13)6-7-14-9(11)3/h9H,1,4-7H2,2-3H3,(H,12,13). The SMILES string of the molecule is C=C(C)CCC1(C(=O)O)CCOC1C. The van der Waals surface area contributed by atoms with Gasteiger partial charge >= 0.3 is 5.97 Å². The first-order valence-corrected chi connectivity index (χ1v) is 4.98. The summed E-state index contributed by atoms with van der Waals surface area (Å²) in [6.07, 6.45) is 1.84. The number of rotatable bonds is 4. The lowest BCUT2D eigenvalue weighted by molar-refractivity contribution is -0.152. The van der Waals surface area contributed by atoms with Crippen molar-refractivity contribution in [2.24, 2.45) is 5.41 Å². The van der Waals surface area contributed by atoms with Gasteiger partial charge in [0, 0.05) is 6.61 Å². The van der Waals surface area contributed by atoms with E-state index in [0.29, 0.717) is 19.4 Å². The zero-order valence-corrected chi connectivity index (χ0v) is 8.88.